The molecule has 1 unspecified atom stereocenters. The smallest absolute Gasteiger partial charge is 0.0868 e. The topological polar surface area (TPSA) is 23.8 Å². The predicted molar refractivity (Wildman–Crippen MR) is 77.2 cm³/mol. The van der Waals surface area contributed by atoms with Crippen molar-refractivity contribution in [1.82, 2.24) is 0 Å². The fourth-order valence-corrected chi connectivity index (χ4v) is 3.10. The molecule has 1 aliphatic carbocycles. The van der Waals surface area contributed by atoms with Gasteiger partial charge in [0.25, 0.3) is 0 Å². The molecular formula is C17H14ClN. The van der Waals surface area contributed by atoms with Crippen LogP contribution in [-0.2, 0) is 18.3 Å². The molecule has 0 N–H and O–H groups in total. The lowest BCUT2D eigenvalue weighted by molar-refractivity contribution is 0.541. The number of nitrogens with zero attached hydrogens (tertiary/aromatic N) is 1. The molecule has 0 saturated heterocycles. The Morgan fingerprint density at radius 1 is 1.11 bits per heavy atom. The predicted octanol–water partition coefficient (Wildman–Crippen LogP) is 4.29. The number of rotatable bonds is 2. The summed E-state index contributed by atoms with van der Waals surface area (Å²) >= 11 is 5.91. The van der Waals surface area contributed by atoms with Crippen LogP contribution in [0.25, 0.3) is 0 Å². The second-order valence-electron chi connectivity index (χ2n) is 5.15. The molecule has 3 rings (SSSR count). The lowest BCUT2D eigenvalue weighted by atomic mass is 9.78. The SMILES string of the molecule is N#CC1(Cc2ccc(Cl)cc2)CCc2ccccc21. The standard InChI is InChI=1S/C17H14ClN/c18-15-7-5-13(6-8-15)11-17(12-19)10-9-14-3-1-2-4-16(14)17/h1-8H,9-11H2. The van der Waals surface area contributed by atoms with E-state index in [1.807, 2.05) is 30.3 Å². The van der Waals surface area contributed by atoms with E-state index in [1.165, 1.54) is 16.7 Å². The van der Waals surface area contributed by atoms with Gasteiger partial charge in [0, 0.05) is 5.02 Å². The van der Waals surface area contributed by atoms with Crippen molar-refractivity contribution >= 4 is 11.6 Å². The van der Waals surface area contributed by atoms with Crippen molar-refractivity contribution in [3.63, 3.8) is 0 Å². The average Bonchev–Trinajstić information content (AvgIpc) is 2.81. The van der Waals surface area contributed by atoms with Crippen LogP contribution < -0.4 is 0 Å². The third-order valence-electron chi connectivity index (χ3n) is 3.99. The summed E-state index contributed by atoms with van der Waals surface area (Å²) in [6.45, 7) is 0. The summed E-state index contributed by atoms with van der Waals surface area (Å²) < 4.78 is 0. The maximum Gasteiger partial charge on any atom is 0.0868 e. The van der Waals surface area contributed by atoms with Crippen molar-refractivity contribution in [3.05, 3.63) is 70.2 Å². The van der Waals surface area contributed by atoms with Gasteiger partial charge in [0.1, 0.15) is 0 Å². The van der Waals surface area contributed by atoms with Crippen molar-refractivity contribution in [1.29, 1.82) is 5.26 Å². The highest BCUT2D eigenvalue weighted by Crippen LogP contribution is 2.41. The van der Waals surface area contributed by atoms with Crippen LogP contribution in [0.15, 0.2) is 48.5 Å². The van der Waals surface area contributed by atoms with E-state index in [2.05, 4.69) is 24.3 Å². The molecule has 1 aliphatic rings. The van der Waals surface area contributed by atoms with E-state index < -0.39 is 0 Å². The quantitative estimate of drug-likeness (QED) is 0.796. The first kappa shape index (κ1) is 12.3. The van der Waals surface area contributed by atoms with Gasteiger partial charge in [-0.15, -0.1) is 0 Å². The molecule has 19 heavy (non-hydrogen) atoms. The molecule has 0 aliphatic heterocycles. The van der Waals surface area contributed by atoms with Crippen LogP contribution in [0.5, 0.6) is 0 Å². The maximum absolute atomic E-state index is 9.70. The molecule has 0 heterocycles. The fourth-order valence-electron chi connectivity index (χ4n) is 2.98. The Morgan fingerprint density at radius 2 is 1.84 bits per heavy atom. The first-order valence-corrected chi connectivity index (χ1v) is 6.85. The summed E-state index contributed by atoms with van der Waals surface area (Å²) in [6, 6.07) is 18.7. The molecule has 2 aromatic rings. The minimum absolute atomic E-state index is 0.371. The van der Waals surface area contributed by atoms with Crippen molar-refractivity contribution < 1.29 is 0 Å². The van der Waals surface area contributed by atoms with Crippen LogP contribution in [0.3, 0.4) is 0 Å². The molecule has 1 atom stereocenters. The minimum atomic E-state index is -0.371. The Labute approximate surface area is 118 Å². The van der Waals surface area contributed by atoms with Gasteiger partial charge in [-0.05, 0) is 48.1 Å². The van der Waals surface area contributed by atoms with Crippen LogP contribution in [0, 0.1) is 11.3 Å². The normalized spacial score (nSPS) is 20.8. The second-order valence-corrected chi connectivity index (χ2v) is 5.59. The van der Waals surface area contributed by atoms with E-state index in [0.717, 1.165) is 24.3 Å². The molecular weight excluding hydrogens is 254 g/mol. The zero-order valence-corrected chi connectivity index (χ0v) is 11.3. The summed E-state index contributed by atoms with van der Waals surface area (Å²) in [7, 11) is 0. The van der Waals surface area contributed by atoms with E-state index in [9.17, 15) is 5.26 Å². The second kappa shape index (κ2) is 4.72. The molecule has 0 amide bonds. The number of hydrogen-bond donors (Lipinski definition) is 0. The maximum atomic E-state index is 9.70. The van der Waals surface area contributed by atoms with Crippen LogP contribution in [-0.4, -0.2) is 0 Å². The summed E-state index contributed by atoms with van der Waals surface area (Å²) in [4.78, 5) is 0. The molecule has 0 bridgehead atoms. The monoisotopic (exact) mass is 267 g/mol. The third-order valence-corrected chi connectivity index (χ3v) is 4.24. The van der Waals surface area contributed by atoms with Gasteiger partial charge in [0.05, 0.1) is 11.5 Å². The van der Waals surface area contributed by atoms with Crippen molar-refractivity contribution in [2.45, 2.75) is 24.7 Å². The zero-order chi connectivity index (χ0) is 13.3. The van der Waals surface area contributed by atoms with Gasteiger partial charge in [-0.3, -0.25) is 0 Å². The average molecular weight is 268 g/mol. The van der Waals surface area contributed by atoms with Crippen LogP contribution >= 0.6 is 11.6 Å². The van der Waals surface area contributed by atoms with Crippen LogP contribution in [0.2, 0.25) is 5.02 Å². The molecule has 2 aromatic carbocycles. The number of aryl methyl sites for hydroxylation is 1. The lowest BCUT2D eigenvalue weighted by Gasteiger charge is -2.22. The Hall–Kier alpha value is -1.78. The number of nitriles is 1. The number of benzene rings is 2. The van der Waals surface area contributed by atoms with Crippen LogP contribution in [0.1, 0.15) is 23.1 Å². The molecule has 94 valence electrons. The van der Waals surface area contributed by atoms with Gasteiger partial charge in [-0.25, -0.2) is 0 Å². The third kappa shape index (κ3) is 2.13. The Kier molecular flexibility index (Phi) is 3.05. The van der Waals surface area contributed by atoms with Gasteiger partial charge in [-0.2, -0.15) is 5.26 Å². The minimum Gasteiger partial charge on any atom is -0.197 e. The number of hydrogen-bond acceptors (Lipinski definition) is 1. The molecule has 0 fully saturated rings. The molecule has 1 nitrogen and oxygen atoms in total. The number of fused-ring (bicyclic) bond motifs is 1. The van der Waals surface area contributed by atoms with Gasteiger partial charge in [-0.1, -0.05) is 48.0 Å². The molecule has 0 saturated carbocycles. The van der Waals surface area contributed by atoms with Gasteiger partial charge >= 0.3 is 0 Å². The highest BCUT2D eigenvalue weighted by atomic mass is 35.5. The molecule has 0 radical (unpaired) electrons. The summed E-state index contributed by atoms with van der Waals surface area (Å²) in [5, 5.41) is 10.4. The highest BCUT2D eigenvalue weighted by molar-refractivity contribution is 6.30. The van der Waals surface area contributed by atoms with E-state index in [-0.39, 0.29) is 5.41 Å². The van der Waals surface area contributed by atoms with Gasteiger partial charge in [0.2, 0.25) is 0 Å². The fraction of sp³-hybridized carbons (Fsp3) is 0.235. The Bertz CT molecular complexity index is 639. The van der Waals surface area contributed by atoms with Crippen molar-refractivity contribution in [3.8, 4) is 6.07 Å². The summed E-state index contributed by atoms with van der Waals surface area (Å²) in [5.41, 5.74) is 3.32. The summed E-state index contributed by atoms with van der Waals surface area (Å²) in [6.07, 6.45) is 2.67. The lowest BCUT2D eigenvalue weighted by Crippen LogP contribution is -2.23. The molecule has 2 heteroatoms. The van der Waals surface area contributed by atoms with Gasteiger partial charge in [0.15, 0.2) is 0 Å². The van der Waals surface area contributed by atoms with Gasteiger partial charge < -0.3 is 0 Å². The molecule has 0 spiro atoms. The first-order valence-electron chi connectivity index (χ1n) is 6.48. The van der Waals surface area contributed by atoms with E-state index in [1.54, 1.807) is 0 Å². The number of halogens is 1. The van der Waals surface area contributed by atoms with E-state index in [4.69, 9.17) is 11.6 Å². The largest absolute Gasteiger partial charge is 0.197 e. The van der Waals surface area contributed by atoms with Crippen LogP contribution in [0.4, 0.5) is 0 Å². The zero-order valence-electron chi connectivity index (χ0n) is 10.6. The van der Waals surface area contributed by atoms with E-state index in [0.29, 0.717) is 0 Å². The first-order chi connectivity index (χ1) is 9.23. The van der Waals surface area contributed by atoms with E-state index >= 15 is 0 Å². The van der Waals surface area contributed by atoms with Crippen molar-refractivity contribution in [2.75, 3.05) is 0 Å². The van der Waals surface area contributed by atoms with Crippen molar-refractivity contribution in [2.24, 2.45) is 0 Å². The Balaban J connectivity index is 1.98. The highest BCUT2D eigenvalue weighted by Gasteiger charge is 2.38. The Morgan fingerprint density at radius 3 is 2.58 bits per heavy atom. The summed E-state index contributed by atoms with van der Waals surface area (Å²) in [5.74, 6) is 0. The molecule has 0 aromatic heterocycles.